The minimum Gasteiger partial charge on any atom is -0.327 e. The molecule has 2 rings (SSSR count). The number of benzene rings is 1. The Hall–Kier alpha value is -0.940. The van der Waals surface area contributed by atoms with Gasteiger partial charge in [0, 0.05) is 28.1 Å². The molecule has 0 aromatic heterocycles. The second-order valence-electron chi connectivity index (χ2n) is 4.79. The Bertz CT molecular complexity index is 459. The van der Waals surface area contributed by atoms with Gasteiger partial charge in [-0.25, -0.2) is 0 Å². The maximum Gasteiger partial charge on any atom is 0.274 e. The van der Waals surface area contributed by atoms with Crippen LogP contribution in [0.5, 0.6) is 0 Å². The first kappa shape index (κ1) is 11.5. The fourth-order valence-corrected chi connectivity index (χ4v) is 2.56. The summed E-state index contributed by atoms with van der Waals surface area (Å²) in [5.41, 5.74) is 6.80. The fraction of sp³-hybridized carbons (Fsp3) is 0.455. The molecule has 0 radical (unpaired) electrons. The molecule has 0 unspecified atom stereocenters. The molecule has 1 saturated carbocycles. The molecule has 1 fully saturated rings. The first-order chi connectivity index (χ1) is 7.35. The van der Waals surface area contributed by atoms with E-state index in [0.29, 0.717) is 0 Å². The average Bonchev–Trinajstić information content (AvgIpc) is 2.67. The molecule has 5 heteroatoms. The smallest absolute Gasteiger partial charge is 0.274 e. The summed E-state index contributed by atoms with van der Waals surface area (Å²) in [5.74, 6) is 0.0843. The summed E-state index contributed by atoms with van der Waals surface area (Å²) in [6.45, 7) is 4.07. The quantitative estimate of drug-likeness (QED) is 0.671. The zero-order chi connectivity index (χ0) is 12.1. The molecule has 0 aliphatic heterocycles. The molecule has 86 valence electrons. The van der Waals surface area contributed by atoms with Crippen molar-refractivity contribution in [2.45, 2.75) is 25.8 Å². The van der Waals surface area contributed by atoms with Crippen LogP contribution in [0.4, 0.5) is 5.69 Å². The van der Waals surface area contributed by atoms with Gasteiger partial charge in [0.1, 0.15) is 0 Å². The molecular weight excluding hydrogens is 272 g/mol. The zero-order valence-corrected chi connectivity index (χ0v) is 10.7. The van der Waals surface area contributed by atoms with Crippen molar-refractivity contribution in [3.05, 3.63) is 38.3 Å². The highest BCUT2D eigenvalue weighted by atomic mass is 79.9. The monoisotopic (exact) mass is 284 g/mol. The molecule has 0 bridgehead atoms. The highest BCUT2D eigenvalue weighted by Gasteiger charge is 2.58. The lowest BCUT2D eigenvalue weighted by Crippen LogP contribution is -2.06. The van der Waals surface area contributed by atoms with Gasteiger partial charge in [-0.1, -0.05) is 35.8 Å². The Morgan fingerprint density at radius 3 is 2.50 bits per heavy atom. The Morgan fingerprint density at radius 2 is 2.06 bits per heavy atom. The Kier molecular flexibility index (Phi) is 2.55. The molecule has 0 saturated heterocycles. The Labute approximate surface area is 102 Å². The molecule has 1 aromatic carbocycles. The highest BCUT2D eigenvalue weighted by Crippen LogP contribution is 2.59. The third kappa shape index (κ3) is 1.64. The van der Waals surface area contributed by atoms with Gasteiger partial charge in [0.25, 0.3) is 5.69 Å². The van der Waals surface area contributed by atoms with Crippen molar-refractivity contribution in [2.75, 3.05) is 0 Å². The van der Waals surface area contributed by atoms with E-state index in [-0.39, 0.29) is 28.0 Å². The molecular formula is C11H13BrN2O2. The third-order valence-electron chi connectivity index (χ3n) is 3.43. The molecule has 4 nitrogen and oxygen atoms in total. The summed E-state index contributed by atoms with van der Waals surface area (Å²) in [7, 11) is 0. The van der Waals surface area contributed by atoms with Gasteiger partial charge in [0.05, 0.1) is 4.92 Å². The van der Waals surface area contributed by atoms with Crippen LogP contribution in [0, 0.1) is 15.5 Å². The van der Waals surface area contributed by atoms with E-state index in [9.17, 15) is 10.1 Å². The maximum atomic E-state index is 11.0. The van der Waals surface area contributed by atoms with Crippen molar-refractivity contribution in [1.82, 2.24) is 0 Å². The normalized spacial score (nSPS) is 26.5. The summed E-state index contributed by atoms with van der Waals surface area (Å²) in [6, 6.07) is 5.16. The van der Waals surface area contributed by atoms with E-state index >= 15 is 0 Å². The summed E-state index contributed by atoms with van der Waals surface area (Å²) < 4.78 is 0.718. The van der Waals surface area contributed by atoms with Crippen molar-refractivity contribution in [1.29, 1.82) is 0 Å². The van der Waals surface area contributed by atoms with Crippen LogP contribution in [-0.4, -0.2) is 11.0 Å². The van der Waals surface area contributed by atoms with Crippen molar-refractivity contribution < 1.29 is 4.92 Å². The number of nitro groups is 1. The lowest BCUT2D eigenvalue weighted by molar-refractivity contribution is -0.385. The summed E-state index contributed by atoms with van der Waals surface area (Å²) in [6.07, 6.45) is 0. The fourth-order valence-electron chi connectivity index (χ4n) is 2.21. The second-order valence-corrected chi connectivity index (χ2v) is 5.70. The largest absolute Gasteiger partial charge is 0.327 e. The maximum absolute atomic E-state index is 11.0. The van der Waals surface area contributed by atoms with Crippen LogP contribution in [0.3, 0.4) is 0 Å². The van der Waals surface area contributed by atoms with Gasteiger partial charge in [-0.05, 0) is 11.5 Å². The number of rotatable bonds is 2. The number of nitrogens with zero attached hydrogens (tertiary/aromatic N) is 1. The highest BCUT2D eigenvalue weighted by molar-refractivity contribution is 9.10. The standard InChI is InChI=1S/C11H13BrN2O2/c1-11(2)9(10(11)13)7-4-3-6(12)5-8(7)14(15)16/h3-5,9-10H,13H2,1-2H3/t9-,10-/m0/s1. The van der Waals surface area contributed by atoms with Gasteiger partial charge in [0.2, 0.25) is 0 Å². The Morgan fingerprint density at radius 1 is 1.50 bits per heavy atom. The molecule has 1 aliphatic carbocycles. The van der Waals surface area contributed by atoms with Gasteiger partial charge in [-0.3, -0.25) is 10.1 Å². The van der Waals surface area contributed by atoms with Crippen LogP contribution < -0.4 is 5.73 Å². The predicted octanol–water partition coefficient (Wildman–Crippen LogP) is 2.81. The van der Waals surface area contributed by atoms with Gasteiger partial charge in [-0.15, -0.1) is 0 Å². The topological polar surface area (TPSA) is 69.2 Å². The van der Waals surface area contributed by atoms with Crippen LogP contribution in [0.15, 0.2) is 22.7 Å². The Balaban J connectivity index is 2.47. The van der Waals surface area contributed by atoms with Crippen molar-refractivity contribution in [3.63, 3.8) is 0 Å². The van der Waals surface area contributed by atoms with Gasteiger partial charge < -0.3 is 5.73 Å². The van der Waals surface area contributed by atoms with Gasteiger partial charge >= 0.3 is 0 Å². The first-order valence-corrected chi connectivity index (χ1v) is 5.84. The minimum absolute atomic E-state index is 0.00683. The zero-order valence-electron chi connectivity index (χ0n) is 9.11. The molecule has 2 N–H and O–H groups in total. The van der Waals surface area contributed by atoms with E-state index in [2.05, 4.69) is 15.9 Å². The van der Waals surface area contributed by atoms with Crippen LogP contribution in [-0.2, 0) is 0 Å². The van der Waals surface area contributed by atoms with Crippen LogP contribution >= 0.6 is 15.9 Å². The minimum atomic E-state index is -0.346. The summed E-state index contributed by atoms with van der Waals surface area (Å²) >= 11 is 3.24. The summed E-state index contributed by atoms with van der Waals surface area (Å²) in [4.78, 5) is 10.6. The molecule has 16 heavy (non-hydrogen) atoms. The van der Waals surface area contributed by atoms with E-state index in [1.807, 2.05) is 19.9 Å². The van der Waals surface area contributed by atoms with Gasteiger partial charge in [-0.2, -0.15) is 0 Å². The molecule has 1 aromatic rings. The van der Waals surface area contributed by atoms with Crippen molar-refractivity contribution in [2.24, 2.45) is 11.1 Å². The van der Waals surface area contributed by atoms with Crippen molar-refractivity contribution >= 4 is 21.6 Å². The first-order valence-electron chi connectivity index (χ1n) is 5.05. The van der Waals surface area contributed by atoms with Gasteiger partial charge in [0.15, 0.2) is 0 Å². The SMILES string of the molecule is CC1(C)[C@@H](N)[C@@H]1c1ccc(Br)cc1[N+](=O)[O-]. The molecule has 0 amide bonds. The molecule has 0 heterocycles. The number of nitro benzene ring substituents is 1. The van der Waals surface area contributed by atoms with E-state index in [4.69, 9.17) is 5.73 Å². The van der Waals surface area contributed by atoms with Crippen LogP contribution in [0.25, 0.3) is 0 Å². The number of nitrogens with two attached hydrogens (primary N) is 1. The van der Waals surface area contributed by atoms with E-state index in [0.717, 1.165) is 10.0 Å². The molecule has 0 spiro atoms. The van der Waals surface area contributed by atoms with E-state index in [1.54, 1.807) is 6.07 Å². The lowest BCUT2D eigenvalue weighted by Gasteiger charge is -2.04. The number of halogens is 1. The average molecular weight is 285 g/mol. The summed E-state index contributed by atoms with van der Waals surface area (Å²) in [5, 5.41) is 11.0. The lowest BCUT2D eigenvalue weighted by atomic mass is 10.0. The van der Waals surface area contributed by atoms with Crippen molar-refractivity contribution in [3.8, 4) is 0 Å². The van der Waals surface area contributed by atoms with Crippen LogP contribution in [0.1, 0.15) is 25.3 Å². The number of hydrogen-bond donors (Lipinski definition) is 1. The van der Waals surface area contributed by atoms with E-state index in [1.165, 1.54) is 6.07 Å². The predicted molar refractivity (Wildman–Crippen MR) is 65.3 cm³/mol. The third-order valence-corrected chi connectivity index (χ3v) is 3.93. The van der Waals surface area contributed by atoms with Crippen LogP contribution in [0.2, 0.25) is 0 Å². The number of hydrogen-bond acceptors (Lipinski definition) is 3. The second kappa shape index (κ2) is 3.53. The molecule has 2 atom stereocenters. The molecule has 1 aliphatic rings. The van der Waals surface area contributed by atoms with E-state index < -0.39 is 0 Å².